The fourth-order valence-corrected chi connectivity index (χ4v) is 2.46. The maximum absolute atomic E-state index is 11.9. The Morgan fingerprint density at radius 1 is 1.28 bits per heavy atom. The molecule has 0 radical (unpaired) electrons. The number of hydrogen-bond donors (Lipinski definition) is 3. The molecule has 0 spiro atoms. The average molecular weight is 366 g/mol. The Hall–Kier alpha value is -2.51. The highest BCUT2D eigenvalue weighted by molar-refractivity contribution is 6.02. The van der Waals surface area contributed by atoms with Gasteiger partial charge >= 0.3 is 0 Å². The third-order valence-corrected chi connectivity index (χ3v) is 3.63. The monoisotopic (exact) mass is 365 g/mol. The molecule has 3 rings (SSSR count). The first-order valence-corrected chi connectivity index (χ1v) is 7.78. The Bertz CT molecular complexity index is 700. The number of carbonyl (C=O) groups is 2. The molecule has 0 bridgehead atoms. The fourth-order valence-electron chi connectivity index (χ4n) is 2.46. The first kappa shape index (κ1) is 18.8. The van der Waals surface area contributed by atoms with E-state index in [2.05, 4.69) is 16.0 Å². The zero-order valence-corrected chi connectivity index (χ0v) is 14.3. The maximum Gasteiger partial charge on any atom is 0.291 e. The van der Waals surface area contributed by atoms with Crippen LogP contribution in [-0.2, 0) is 4.79 Å². The van der Waals surface area contributed by atoms with Crippen LogP contribution >= 0.6 is 12.4 Å². The minimum atomic E-state index is -0.344. The molecule has 1 aliphatic heterocycles. The van der Waals surface area contributed by atoms with E-state index in [1.165, 1.54) is 6.26 Å². The molecule has 1 aliphatic rings. The Morgan fingerprint density at radius 2 is 2.16 bits per heavy atom. The van der Waals surface area contributed by atoms with Crippen LogP contribution in [0, 0.1) is 0 Å². The van der Waals surface area contributed by atoms with Crippen LogP contribution in [0.5, 0.6) is 5.75 Å². The van der Waals surface area contributed by atoms with E-state index in [0.29, 0.717) is 11.4 Å². The smallest absolute Gasteiger partial charge is 0.291 e. The summed E-state index contributed by atoms with van der Waals surface area (Å²) in [5.41, 5.74) is 0.564. The second-order valence-corrected chi connectivity index (χ2v) is 5.51. The standard InChI is InChI=1S/C17H19N3O4.ClH/c21-16(19-13-6-7-18-10-13)11-24-14-4-1-3-12(9-14)20-17(22)15-5-2-8-23-15;/h1-5,8-9,13,18H,6-7,10-11H2,(H,19,21)(H,20,22);1H. The Labute approximate surface area is 151 Å². The van der Waals surface area contributed by atoms with Crippen molar-refractivity contribution in [2.75, 3.05) is 25.0 Å². The summed E-state index contributed by atoms with van der Waals surface area (Å²) in [4.78, 5) is 23.8. The van der Waals surface area contributed by atoms with Gasteiger partial charge in [-0.05, 0) is 37.2 Å². The van der Waals surface area contributed by atoms with Crippen LogP contribution in [0.1, 0.15) is 17.0 Å². The van der Waals surface area contributed by atoms with Gasteiger partial charge < -0.3 is 25.1 Å². The zero-order chi connectivity index (χ0) is 16.8. The van der Waals surface area contributed by atoms with Crippen molar-refractivity contribution in [3.63, 3.8) is 0 Å². The molecule has 0 aliphatic carbocycles. The Kier molecular flexibility index (Phi) is 6.85. The Morgan fingerprint density at radius 3 is 2.88 bits per heavy atom. The number of carbonyl (C=O) groups excluding carboxylic acids is 2. The van der Waals surface area contributed by atoms with Crippen molar-refractivity contribution in [2.45, 2.75) is 12.5 Å². The molecule has 0 saturated carbocycles. The second-order valence-electron chi connectivity index (χ2n) is 5.51. The summed E-state index contributed by atoms with van der Waals surface area (Å²) < 4.78 is 10.5. The summed E-state index contributed by atoms with van der Waals surface area (Å²) in [7, 11) is 0. The first-order chi connectivity index (χ1) is 11.7. The van der Waals surface area contributed by atoms with Gasteiger partial charge in [0.2, 0.25) is 0 Å². The van der Waals surface area contributed by atoms with Crippen molar-refractivity contribution < 1.29 is 18.7 Å². The lowest BCUT2D eigenvalue weighted by molar-refractivity contribution is -0.123. The van der Waals surface area contributed by atoms with Gasteiger partial charge in [0.15, 0.2) is 12.4 Å². The molecule has 8 heteroatoms. The van der Waals surface area contributed by atoms with Crippen molar-refractivity contribution >= 4 is 29.9 Å². The molecule has 1 fully saturated rings. The number of furan rings is 1. The van der Waals surface area contributed by atoms with Gasteiger partial charge in [-0.3, -0.25) is 9.59 Å². The predicted molar refractivity (Wildman–Crippen MR) is 95.3 cm³/mol. The lowest BCUT2D eigenvalue weighted by atomic mass is 10.2. The molecular weight excluding hydrogens is 346 g/mol. The van der Waals surface area contributed by atoms with Gasteiger partial charge in [-0.25, -0.2) is 0 Å². The van der Waals surface area contributed by atoms with Gasteiger partial charge in [-0.1, -0.05) is 6.07 Å². The number of anilines is 1. The molecule has 1 atom stereocenters. The van der Waals surface area contributed by atoms with E-state index in [-0.39, 0.29) is 42.6 Å². The van der Waals surface area contributed by atoms with E-state index in [4.69, 9.17) is 9.15 Å². The maximum atomic E-state index is 11.9. The molecule has 134 valence electrons. The van der Waals surface area contributed by atoms with E-state index >= 15 is 0 Å². The molecule has 2 heterocycles. The largest absolute Gasteiger partial charge is 0.484 e. The summed E-state index contributed by atoms with van der Waals surface area (Å²) in [6.07, 6.45) is 2.37. The molecule has 3 N–H and O–H groups in total. The number of rotatable bonds is 6. The topological polar surface area (TPSA) is 92.6 Å². The van der Waals surface area contributed by atoms with Crippen LogP contribution in [0.15, 0.2) is 47.1 Å². The number of halogens is 1. The summed E-state index contributed by atoms with van der Waals surface area (Å²) in [5, 5.41) is 8.80. The summed E-state index contributed by atoms with van der Waals surface area (Å²) in [6, 6.07) is 10.3. The SMILES string of the molecule is Cl.O=C(COc1cccc(NC(=O)c2ccco2)c1)NC1CCNC1. The van der Waals surface area contributed by atoms with Crippen LogP contribution in [0.25, 0.3) is 0 Å². The van der Waals surface area contributed by atoms with Crippen molar-refractivity contribution in [2.24, 2.45) is 0 Å². The Balaban J connectivity index is 0.00000225. The molecule has 1 aromatic heterocycles. The number of ether oxygens (including phenoxy) is 1. The number of nitrogens with one attached hydrogen (secondary N) is 3. The van der Waals surface area contributed by atoms with Gasteiger partial charge in [0.25, 0.3) is 11.8 Å². The van der Waals surface area contributed by atoms with Crippen molar-refractivity contribution in [3.05, 3.63) is 48.4 Å². The summed E-state index contributed by atoms with van der Waals surface area (Å²) in [6.45, 7) is 1.65. The molecule has 1 aromatic carbocycles. The van der Waals surface area contributed by atoms with Gasteiger partial charge in [0, 0.05) is 24.3 Å². The number of amides is 2. The van der Waals surface area contributed by atoms with Crippen molar-refractivity contribution in [1.29, 1.82) is 0 Å². The molecule has 7 nitrogen and oxygen atoms in total. The fraction of sp³-hybridized carbons (Fsp3) is 0.294. The van der Waals surface area contributed by atoms with Crippen LogP contribution in [0.3, 0.4) is 0 Å². The highest BCUT2D eigenvalue weighted by atomic mass is 35.5. The summed E-state index contributed by atoms with van der Waals surface area (Å²) >= 11 is 0. The highest BCUT2D eigenvalue weighted by Gasteiger charge is 2.16. The van der Waals surface area contributed by atoms with Gasteiger partial charge in [0.05, 0.1) is 6.26 Å². The van der Waals surface area contributed by atoms with Crippen LogP contribution < -0.4 is 20.7 Å². The van der Waals surface area contributed by atoms with Gasteiger partial charge in [-0.15, -0.1) is 12.4 Å². The van der Waals surface area contributed by atoms with E-state index in [1.54, 1.807) is 36.4 Å². The lowest BCUT2D eigenvalue weighted by Gasteiger charge is -2.12. The predicted octanol–water partition coefficient (Wildman–Crippen LogP) is 1.81. The number of benzene rings is 1. The van der Waals surface area contributed by atoms with Crippen LogP contribution in [0.4, 0.5) is 5.69 Å². The molecular formula is C17H20ClN3O4. The normalized spacial score (nSPS) is 15.9. The first-order valence-electron chi connectivity index (χ1n) is 7.78. The highest BCUT2D eigenvalue weighted by Crippen LogP contribution is 2.18. The molecule has 25 heavy (non-hydrogen) atoms. The zero-order valence-electron chi connectivity index (χ0n) is 13.5. The lowest BCUT2D eigenvalue weighted by Crippen LogP contribution is -2.39. The minimum Gasteiger partial charge on any atom is -0.484 e. The second kappa shape index (κ2) is 9.10. The quantitative estimate of drug-likeness (QED) is 0.726. The molecule has 1 saturated heterocycles. The molecule has 2 amide bonds. The van der Waals surface area contributed by atoms with Crippen molar-refractivity contribution in [3.8, 4) is 5.75 Å². The average Bonchev–Trinajstić information content (AvgIpc) is 3.27. The summed E-state index contributed by atoms with van der Waals surface area (Å²) in [5.74, 6) is 0.232. The van der Waals surface area contributed by atoms with Crippen molar-refractivity contribution in [1.82, 2.24) is 10.6 Å². The van der Waals surface area contributed by atoms with Crippen LogP contribution in [0.2, 0.25) is 0 Å². The minimum absolute atomic E-state index is 0. The third-order valence-electron chi connectivity index (χ3n) is 3.63. The van der Waals surface area contributed by atoms with E-state index < -0.39 is 0 Å². The third kappa shape index (κ3) is 5.51. The van der Waals surface area contributed by atoms with E-state index in [9.17, 15) is 9.59 Å². The number of hydrogen-bond acceptors (Lipinski definition) is 5. The van der Waals surface area contributed by atoms with Gasteiger partial charge in [-0.2, -0.15) is 0 Å². The van der Waals surface area contributed by atoms with E-state index in [0.717, 1.165) is 19.5 Å². The van der Waals surface area contributed by atoms with E-state index in [1.807, 2.05) is 0 Å². The van der Waals surface area contributed by atoms with Crippen LogP contribution in [-0.4, -0.2) is 37.6 Å². The molecule has 2 aromatic rings. The van der Waals surface area contributed by atoms with Gasteiger partial charge in [0.1, 0.15) is 5.75 Å². The molecule has 1 unspecified atom stereocenters.